The zero-order valence-corrected chi connectivity index (χ0v) is 14.2. The molecule has 1 amide bonds. The second-order valence-corrected chi connectivity index (χ2v) is 5.86. The van der Waals surface area contributed by atoms with Crippen molar-refractivity contribution in [2.45, 2.75) is 25.9 Å². The first kappa shape index (κ1) is 18.6. The molecule has 0 saturated carbocycles. The molecule has 0 aliphatic rings. The lowest BCUT2D eigenvalue weighted by molar-refractivity contribution is -0.145. The molecule has 0 radical (unpaired) electrons. The summed E-state index contributed by atoms with van der Waals surface area (Å²) in [5.74, 6) is -2.10. The van der Waals surface area contributed by atoms with E-state index in [2.05, 4.69) is 20.4 Å². The maximum absolute atomic E-state index is 12.7. The van der Waals surface area contributed by atoms with Gasteiger partial charge in [0.2, 0.25) is 5.82 Å². The van der Waals surface area contributed by atoms with Crippen LogP contribution in [-0.4, -0.2) is 21.0 Å². The quantitative estimate of drug-likeness (QED) is 0.732. The van der Waals surface area contributed by atoms with Crippen molar-refractivity contribution in [3.05, 3.63) is 71.1 Å². The Kier molecular flexibility index (Phi) is 5.20. The zero-order valence-electron chi connectivity index (χ0n) is 14.2. The summed E-state index contributed by atoms with van der Waals surface area (Å²) >= 11 is 0. The molecule has 1 aromatic carbocycles. The van der Waals surface area contributed by atoms with Crippen molar-refractivity contribution in [3.63, 3.8) is 0 Å². The molecule has 9 heteroatoms. The minimum absolute atomic E-state index is 0.360. The van der Waals surface area contributed by atoms with Crippen LogP contribution in [0.25, 0.3) is 0 Å². The van der Waals surface area contributed by atoms with E-state index in [9.17, 15) is 18.0 Å². The summed E-state index contributed by atoms with van der Waals surface area (Å²) in [6.45, 7) is 1.90. The Morgan fingerprint density at radius 2 is 2.04 bits per heavy atom. The number of hydrogen-bond acceptors (Lipinski definition) is 5. The van der Waals surface area contributed by atoms with Crippen LogP contribution in [0.2, 0.25) is 0 Å². The smallest absolute Gasteiger partial charge is 0.364 e. The zero-order chi connectivity index (χ0) is 19.4. The fourth-order valence-electron chi connectivity index (χ4n) is 2.44. The van der Waals surface area contributed by atoms with Crippen LogP contribution in [0.3, 0.4) is 0 Å². The Hall–Kier alpha value is -3.23. The van der Waals surface area contributed by atoms with Gasteiger partial charge in [-0.15, -0.1) is 0 Å². The number of anilines is 1. The molecule has 2 heterocycles. The number of alkyl halides is 3. The lowest BCUT2D eigenvalue weighted by Crippen LogP contribution is -2.18. The number of aromatic nitrogens is 3. The van der Waals surface area contributed by atoms with Crippen LogP contribution in [0.4, 0.5) is 18.9 Å². The van der Waals surface area contributed by atoms with E-state index in [-0.39, 0.29) is 5.69 Å². The van der Waals surface area contributed by atoms with Gasteiger partial charge in [-0.2, -0.15) is 13.2 Å². The monoisotopic (exact) mass is 376 g/mol. The van der Waals surface area contributed by atoms with Crippen molar-refractivity contribution in [1.82, 2.24) is 15.1 Å². The van der Waals surface area contributed by atoms with Crippen molar-refractivity contribution in [2.24, 2.45) is 0 Å². The summed E-state index contributed by atoms with van der Waals surface area (Å²) < 4.78 is 42.9. The van der Waals surface area contributed by atoms with Gasteiger partial charge in [0.15, 0.2) is 0 Å². The van der Waals surface area contributed by atoms with Crippen LogP contribution in [0.5, 0.6) is 0 Å². The average molecular weight is 376 g/mol. The standard InChI is InChI=1S/C18H15F3N4O2/c1-11-10-27-25-14(11)6-5-12-3-2-4-13(9-12)23-16(26)15-7-8-22-17(24-15)18(19,20)21/h2-4,7-10H,5-6H2,1H3,(H,23,26). The Morgan fingerprint density at radius 1 is 1.22 bits per heavy atom. The maximum atomic E-state index is 12.7. The van der Waals surface area contributed by atoms with Crippen LogP contribution in [-0.2, 0) is 19.0 Å². The highest BCUT2D eigenvalue weighted by atomic mass is 19.4. The molecule has 0 aliphatic heterocycles. The number of nitrogens with zero attached hydrogens (tertiary/aromatic N) is 3. The summed E-state index contributed by atoms with van der Waals surface area (Å²) in [4.78, 5) is 18.6. The number of amides is 1. The number of nitrogens with one attached hydrogen (secondary N) is 1. The van der Waals surface area contributed by atoms with Gasteiger partial charge in [-0.3, -0.25) is 4.79 Å². The molecular formula is C18H15F3N4O2. The number of hydrogen-bond donors (Lipinski definition) is 1. The lowest BCUT2D eigenvalue weighted by Gasteiger charge is -2.09. The number of halogens is 3. The van der Waals surface area contributed by atoms with E-state index < -0.39 is 17.9 Å². The van der Waals surface area contributed by atoms with Gasteiger partial charge >= 0.3 is 6.18 Å². The molecular weight excluding hydrogens is 361 g/mol. The first-order chi connectivity index (χ1) is 12.8. The summed E-state index contributed by atoms with van der Waals surface area (Å²) in [7, 11) is 0. The van der Waals surface area contributed by atoms with Crippen molar-refractivity contribution in [3.8, 4) is 0 Å². The normalized spacial score (nSPS) is 11.4. The third-order valence-electron chi connectivity index (χ3n) is 3.82. The van der Waals surface area contributed by atoms with E-state index >= 15 is 0 Å². The molecule has 140 valence electrons. The largest absolute Gasteiger partial charge is 0.451 e. The topological polar surface area (TPSA) is 80.9 Å². The number of rotatable bonds is 5. The maximum Gasteiger partial charge on any atom is 0.451 e. The molecule has 1 N–H and O–H groups in total. The van der Waals surface area contributed by atoms with Crippen molar-refractivity contribution >= 4 is 11.6 Å². The lowest BCUT2D eigenvalue weighted by atomic mass is 10.1. The van der Waals surface area contributed by atoms with Gasteiger partial charge in [0.1, 0.15) is 12.0 Å². The van der Waals surface area contributed by atoms with E-state index in [1.165, 1.54) is 0 Å². The van der Waals surface area contributed by atoms with Gasteiger partial charge in [-0.05, 0) is 43.5 Å². The Bertz CT molecular complexity index is 954. The SMILES string of the molecule is Cc1conc1CCc1cccc(NC(=O)c2ccnc(C(F)(F)F)n2)c1. The molecule has 0 unspecified atom stereocenters. The molecule has 3 aromatic rings. The molecule has 2 aromatic heterocycles. The van der Waals surface area contributed by atoms with Gasteiger partial charge in [0.25, 0.3) is 5.91 Å². The van der Waals surface area contributed by atoms with Gasteiger partial charge in [-0.25, -0.2) is 9.97 Å². The summed E-state index contributed by atoms with van der Waals surface area (Å²) in [5, 5.41) is 6.47. The van der Waals surface area contributed by atoms with Crippen molar-refractivity contribution in [2.75, 3.05) is 5.32 Å². The molecule has 27 heavy (non-hydrogen) atoms. The number of carbonyl (C=O) groups is 1. The molecule has 0 aliphatic carbocycles. The molecule has 0 bridgehead atoms. The van der Waals surface area contributed by atoms with Crippen LogP contribution in [0.1, 0.15) is 33.1 Å². The van der Waals surface area contributed by atoms with E-state index in [1.807, 2.05) is 13.0 Å². The minimum Gasteiger partial charge on any atom is -0.364 e. The highest BCUT2D eigenvalue weighted by Gasteiger charge is 2.35. The van der Waals surface area contributed by atoms with E-state index in [4.69, 9.17) is 4.52 Å². The molecule has 0 fully saturated rings. The van der Waals surface area contributed by atoms with Crippen LogP contribution in [0.15, 0.2) is 47.3 Å². The number of benzene rings is 1. The Balaban J connectivity index is 1.69. The molecule has 3 rings (SSSR count). The summed E-state index contributed by atoms with van der Waals surface area (Å²) in [6.07, 6.45) is -0.900. The number of aryl methyl sites for hydroxylation is 3. The third kappa shape index (κ3) is 4.69. The van der Waals surface area contributed by atoms with Gasteiger partial charge in [-0.1, -0.05) is 17.3 Å². The highest BCUT2D eigenvalue weighted by molar-refractivity contribution is 6.02. The molecule has 0 atom stereocenters. The fourth-order valence-corrected chi connectivity index (χ4v) is 2.44. The molecule has 0 spiro atoms. The fraction of sp³-hybridized carbons (Fsp3) is 0.222. The minimum atomic E-state index is -4.71. The van der Waals surface area contributed by atoms with E-state index in [0.29, 0.717) is 18.5 Å². The third-order valence-corrected chi connectivity index (χ3v) is 3.82. The van der Waals surface area contributed by atoms with Gasteiger partial charge in [0.05, 0.1) is 5.69 Å². The van der Waals surface area contributed by atoms with Gasteiger partial charge < -0.3 is 9.84 Å². The molecule has 6 nitrogen and oxygen atoms in total. The average Bonchev–Trinajstić information content (AvgIpc) is 3.04. The van der Waals surface area contributed by atoms with Crippen LogP contribution < -0.4 is 5.32 Å². The summed E-state index contributed by atoms with van der Waals surface area (Å²) in [5.41, 5.74) is 2.85. The number of carbonyl (C=O) groups excluding carboxylic acids is 1. The molecule has 0 saturated heterocycles. The first-order valence-corrected chi connectivity index (χ1v) is 8.03. The van der Waals surface area contributed by atoms with E-state index in [0.717, 1.165) is 29.1 Å². The predicted molar refractivity (Wildman–Crippen MR) is 90.1 cm³/mol. The van der Waals surface area contributed by atoms with Crippen molar-refractivity contribution < 1.29 is 22.5 Å². The highest BCUT2D eigenvalue weighted by Crippen LogP contribution is 2.25. The summed E-state index contributed by atoms with van der Waals surface area (Å²) in [6, 6.07) is 8.16. The van der Waals surface area contributed by atoms with Crippen LogP contribution in [0, 0.1) is 6.92 Å². The first-order valence-electron chi connectivity index (χ1n) is 8.03. The Labute approximate surface area is 152 Å². The second kappa shape index (κ2) is 7.56. The van der Waals surface area contributed by atoms with Crippen LogP contribution >= 0.6 is 0 Å². The second-order valence-electron chi connectivity index (χ2n) is 5.86. The Morgan fingerprint density at radius 3 is 2.74 bits per heavy atom. The predicted octanol–water partition coefficient (Wildman–Crippen LogP) is 3.83. The van der Waals surface area contributed by atoms with Gasteiger partial charge in [0, 0.05) is 17.4 Å². The van der Waals surface area contributed by atoms with E-state index in [1.54, 1.807) is 24.5 Å². The van der Waals surface area contributed by atoms with Crippen molar-refractivity contribution in [1.29, 1.82) is 0 Å².